The zero-order valence-electron chi connectivity index (χ0n) is 5.03. The van der Waals surface area contributed by atoms with Crippen molar-refractivity contribution in [2.45, 2.75) is 20.3 Å². The van der Waals surface area contributed by atoms with Crippen molar-refractivity contribution in [3.05, 3.63) is 13.2 Å². The predicted molar refractivity (Wildman–Crippen MR) is 32.2 cm³/mol. The topological polar surface area (TPSA) is 17.1 Å². The summed E-state index contributed by atoms with van der Waals surface area (Å²) in [7, 11) is 0. The molecule has 7 heavy (non-hydrogen) atoms. The zero-order chi connectivity index (χ0) is 6.28. The van der Waals surface area contributed by atoms with Crippen LogP contribution in [0.3, 0.4) is 0 Å². The molecule has 0 aliphatic rings. The van der Waals surface area contributed by atoms with E-state index in [-0.39, 0.29) is 5.78 Å². The summed E-state index contributed by atoms with van der Waals surface area (Å²) < 4.78 is 0. The number of Topliss-reactive ketones (excluding diaryl/α,β-unsaturated/α-hetero) is 1. The van der Waals surface area contributed by atoms with Crippen LogP contribution in [0.5, 0.6) is 0 Å². The van der Waals surface area contributed by atoms with Gasteiger partial charge >= 0.3 is 0 Å². The van der Waals surface area contributed by atoms with Crippen LogP contribution >= 0.6 is 0 Å². The number of ketones is 1. The van der Waals surface area contributed by atoms with E-state index in [1.54, 1.807) is 6.92 Å². The van der Waals surface area contributed by atoms with Gasteiger partial charge in [0, 0.05) is 6.42 Å². The summed E-state index contributed by atoms with van der Waals surface area (Å²) in [6.07, 6.45) is 0.667. The van der Waals surface area contributed by atoms with E-state index in [0.717, 1.165) is 0 Å². The minimum absolute atomic E-state index is 0.255. The summed E-state index contributed by atoms with van der Waals surface area (Å²) in [6.45, 7) is 9.43. The maximum absolute atomic E-state index is 9.81. The van der Waals surface area contributed by atoms with Gasteiger partial charge in [0.1, 0.15) is 5.78 Å². The van der Waals surface area contributed by atoms with E-state index in [4.69, 9.17) is 0 Å². The Bertz CT molecular complexity index is 48.1. The van der Waals surface area contributed by atoms with Gasteiger partial charge in [-0.2, -0.15) is 0 Å². The molecule has 0 aliphatic carbocycles. The van der Waals surface area contributed by atoms with E-state index in [2.05, 4.69) is 13.2 Å². The van der Waals surface area contributed by atoms with Crippen LogP contribution in [-0.2, 0) is 4.79 Å². The van der Waals surface area contributed by atoms with Crippen molar-refractivity contribution < 1.29 is 4.79 Å². The molecule has 0 aromatic rings. The first-order valence-corrected chi connectivity index (χ1v) is 2.26. The Hall–Kier alpha value is -0.590. The Morgan fingerprint density at radius 2 is 1.71 bits per heavy atom. The van der Waals surface area contributed by atoms with E-state index in [1.807, 2.05) is 6.92 Å². The molecular formula is C6H12O. The molecule has 0 fully saturated rings. The molecule has 0 rings (SSSR count). The molecule has 0 radical (unpaired) electrons. The van der Waals surface area contributed by atoms with Crippen LogP contribution in [-0.4, -0.2) is 5.78 Å². The fourth-order valence-corrected chi connectivity index (χ4v) is 0. The molecule has 0 heterocycles. The van der Waals surface area contributed by atoms with Crippen LogP contribution in [0, 0.1) is 0 Å². The average Bonchev–Trinajstić information content (AvgIpc) is 1.73. The second-order valence-corrected chi connectivity index (χ2v) is 1.06. The lowest BCUT2D eigenvalue weighted by Gasteiger charge is -1.71. The summed E-state index contributed by atoms with van der Waals surface area (Å²) in [5.41, 5.74) is 0. The number of carbonyl (C=O) groups is 1. The average molecular weight is 100 g/mol. The largest absolute Gasteiger partial charge is 0.300 e. The third-order valence-corrected chi connectivity index (χ3v) is 0.498. The van der Waals surface area contributed by atoms with Gasteiger partial charge in [-0.1, -0.05) is 6.92 Å². The standard InChI is InChI=1S/C4H8O.C2H4/c1-3-4(2)5;1-2/h3H2,1-2H3;1-2H2. The van der Waals surface area contributed by atoms with Gasteiger partial charge in [-0.15, -0.1) is 13.2 Å². The lowest BCUT2D eigenvalue weighted by atomic mass is 10.4. The smallest absolute Gasteiger partial charge is 0.129 e. The molecule has 0 aromatic carbocycles. The van der Waals surface area contributed by atoms with E-state index in [0.29, 0.717) is 6.42 Å². The number of carbonyl (C=O) groups excluding carboxylic acids is 1. The first kappa shape index (κ1) is 9.65. The fraction of sp³-hybridized carbons (Fsp3) is 0.500. The molecule has 0 spiro atoms. The van der Waals surface area contributed by atoms with Crippen molar-refractivity contribution >= 4 is 5.78 Å². The highest BCUT2D eigenvalue weighted by atomic mass is 16.1. The quantitative estimate of drug-likeness (QED) is 0.459. The molecule has 0 unspecified atom stereocenters. The second kappa shape index (κ2) is 9.05. The van der Waals surface area contributed by atoms with Gasteiger partial charge < -0.3 is 4.79 Å². The van der Waals surface area contributed by atoms with Gasteiger partial charge in [-0.05, 0) is 6.92 Å². The molecule has 0 amide bonds. The maximum Gasteiger partial charge on any atom is 0.129 e. The second-order valence-electron chi connectivity index (χ2n) is 1.06. The Kier molecular flexibility index (Phi) is 12.5. The maximum atomic E-state index is 9.81. The van der Waals surface area contributed by atoms with Crippen LogP contribution in [0.1, 0.15) is 20.3 Å². The minimum Gasteiger partial charge on any atom is -0.300 e. The third kappa shape index (κ3) is 31.6. The van der Waals surface area contributed by atoms with Crippen molar-refractivity contribution in [3.63, 3.8) is 0 Å². The third-order valence-electron chi connectivity index (χ3n) is 0.498. The first-order valence-electron chi connectivity index (χ1n) is 2.26. The van der Waals surface area contributed by atoms with Crippen molar-refractivity contribution in [1.29, 1.82) is 0 Å². The van der Waals surface area contributed by atoms with Crippen LogP contribution in [0.15, 0.2) is 13.2 Å². The van der Waals surface area contributed by atoms with Crippen molar-refractivity contribution in [1.82, 2.24) is 0 Å². The summed E-state index contributed by atoms with van der Waals surface area (Å²) in [4.78, 5) is 9.81. The van der Waals surface area contributed by atoms with Crippen molar-refractivity contribution in [2.24, 2.45) is 0 Å². The summed E-state index contributed by atoms with van der Waals surface area (Å²) in [6, 6.07) is 0. The first-order chi connectivity index (χ1) is 3.27. The molecule has 0 saturated carbocycles. The van der Waals surface area contributed by atoms with Gasteiger partial charge in [-0.3, -0.25) is 0 Å². The van der Waals surface area contributed by atoms with Gasteiger partial charge in [0.05, 0.1) is 0 Å². The van der Waals surface area contributed by atoms with Crippen LogP contribution in [0.2, 0.25) is 0 Å². The van der Waals surface area contributed by atoms with Crippen LogP contribution in [0.4, 0.5) is 0 Å². The van der Waals surface area contributed by atoms with Crippen LogP contribution in [0.25, 0.3) is 0 Å². The molecule has 0 saturated heterocycles. The summed E-state index contributed by atoms with van der Waals surface area (Å²) >= 11 is 0. The highest BCUT2D eigenvalue weighted by molar-refractivity contribution is 5.74. The Morgan fingerprint density at radius 3 is 1.71 bits per heavy atom. The molecule has 0 aromatic heterocycles. The highest BCUT2D eigenvalue weighted by Gasteiger charge is 1.76. The molecular weight excluding hydrogens is 88.1 g/mol. The summed E-state index contributed by atoms with van der Waals surface area (Å²) in [5.74, 6) is 0.255. The molecule has 1 heteroatoms. The molecule has 1 nitrogen and oxygen atoms in total. The van der Waals surface area contributed by atoms with E-state index in [1.165, 1.54) is 0 Å². The minimum atomic E-state index is 0.255. The Balaban J connectivity index is 0. The Labute approximate surface area is 45.0 Å². The molecule has 42 valence electrons. The number of hydrogen-bond donors (Lipinski definition) is 0. The zero-order valence-corrected chi connectivity index (χ0v) is 5.03. The Morgan fingerprint density at radius 1 is 1.57 bits per heavy atom. The monoisotopic (exact) mass is 100 g/mol. The van der Waals surface area contributed by atoms with Gasteiger partial charge in [-0.25, -0.2) is 0 Å². The van der Waals surface area contributed by atoms with Gasteiger partial charge in [0.2, 0.25) is 0 Å². The van der Waals surface area contributed by atoms with Crippen molar-refractivity contribution in [3.8, 4) is 0 Å². The van der Waals surface area contributed by atoms with E-state index in [9.17, 15) is 4.79 Å². The molecule has 0 bridgehead atoms. The van der Waals surface area contributed by atoms with Gasteiger partial charge in [0.25, 0.3) is 0 Å². The van der Waals surface area contributed by atoms with E-state index >= 15 is 0 Å². The number of hydrogen-bond acceptors (Lipinski definition) is 1. The lowest BCUT2D eigenvalue weighted by molar-refractivity contribution is -0.116. The van der Waals surface area contributed by atoms with Crippen LogP contribution < -0.4 is 0 Å². The predicted octanol–water partition coefficient (Wildman–Crippen LogP) is 1.79. The molecule has 0 aliphatic heterocycles. The SMILES string of the molecule is C=C.CCC(C)=O. The van der Waals surface area contributed by atoms with E-state index < -0.39 is 0 Å². The molecule has 0 N–H and O–H groups in total. The van der Waals surface area contributed by atoms with Crippen molar-refractivity contribution in [2.75, 3.05) is 0 Å². The normalized spacial score (nSPS) is 6.00. The highest BCUT2D eigenvalue weighted by Crippen LogP contribution is 1.71. The fourth-order valence-electron chi connectivity index (χ4n) is 0. The molecule has 0 atom stereocenters. The van der Waals surface area contributed by atoms with Gasteiger partial charge in [0.15, 0.2) is 0 Å². The number of rotatable bonds is 1. The summed E-state index contributed by atoms with van der Waals surface area (Å²) in [5, 5.41) is 0. The lowest BCUT2D eigenvalue weighted by Crippen LogP contribution is -1.80.